The third-order valence-electron chi connectivity index (χ3n) is 4.33. The molecule has 0 saturated carbocycles. The highest BCUT2D eigenvalue weighted by atomic mass is 16.5. The number of hydrogen-bond donors (Lipinski definition) is 0. The molecule has 0 bridgehead atoms. The van der Waals surface area contributed by atoms with Gasteiger partial charge in [0.25, 0.3) is 6.47 Å². The van der Waals surface area contributed by atoms with E-state index in [0.717, 1.165) is 0 Å². The summed E-state index contributed by atoms with van der Waals surface area (Å²) in [5.74, 6) is 0.590. The van der Waals surface area contributed by atoms with Gasteiger partial charge in [-0.15, -0.1) is 0 Å². The van der Waals surface area contributed by atoms with Crippen molar-refractivity contribution in [1.82, 2.24) is 0 Å². The Labute approximate surface area is 133 Å². The zero-order chi connectivity index (χ0) is 15.6. The first kappa shape index (κ1) is 20.5. The molecule has 0 fully saturated rings. The van der Waals surface area contributed by atoms with Crippen LogP contribution < -0.4 is 0 Å². The highest BCUT2D eigenvalue weighted by Gasteiger charge is 2.09. The summed E-state index contributed by atoms with van der Waals surface area (Å²) in [5, 5.41) is 0. The summed E-state index contributed by atoms with van der Waals surface area (Å²) < 4.78 is 5.00. The van der Waals surface area contributed by atoms with Gasteiger partial charge in [-0.1, -0.05) is 90.9 Å². The maximum Gasteiger partial charge on any atom is 0.293 e. The van der Waals surface area contributed by atoms with Crippen LogP contribution in [0.3, 0.4) is 0 Å². The maximum absolute atomic E-state index is 10.4. The smallest absolute Gasteiger partial charge is 0.293 e. The van der Waals surface area contributed by atoms with Gasteiger partial charge in [-0.2, -0.15) is 0 Å². The van der Waals surface area contributed by atoms with E-state index in [-0.39, 0.29) is 0 Å². The fourth-order valence-electron chi connectivity index (χ4n) is 2.91. The molecule has 2 heteroatoms. The molecule has 0 aliphatic carbocycles. The van der Waals surface area contributed by atoms with Gasteiger partial charge in [-0.05, 0) is 18.8 Å². The molecular formula is C19H38O2. The molecule has 0 aromatic carbocycles. The first-order valence-corrected chi connectivity index (χ1v) is 9.40. The zero-order valence-electron chi connectivity index (χ0n) is 14.6. The zero-order valence-corrected chi connectivity index (χ0v) is 14.6. The molecular weight excluding hydrogens is 260 g/mol. The van der Waals surface area contributed by atoms with Crippen LogP contribution in [-0.2, 0) is 9.53 Å². The van der Waals surface area contributed by atoms with Crippen molar-refractivity contribution in [3.05, 3.63) is 0 Å². The minimum Gasteiger partial charge on any atom is -0.468 e. The van der Waals surface area contributed by atoms with E-state index in [9.17, 15) is 4.79 Å². The lowest BCUT2D eigenvalue weighted by Crippen LogP contribution is -2.09. The summed E-state index contributed by atoms with van der Waals surface area (Å²) in [4.78, 5) is 10.4. The highest BCUT2D eigenvalue weighted by Crippen LogP contribution is 2.19. The molecule has 0 radical (unpaired) electrons. The Kier molecular flexibility index (Phi) is 17.1. The molecule has 21 heavy (non-hydrogen) atoms. The van der Waals surface area contributed by atoms with Crippen molar-refractivity contribution in [2.45, 2.75) is 104 Å². The van der Waals surface area contributed by atoms with Crippen LogP contribution in [0.4, 0.5) is 0 Å². The van der Waals surface area contributed by atoms with E-state index in [4.69, 9.17) is 4.74 Å². The van der Waals surface area contributed by atoms with Crippen molar-refractivity contribution >= 4 is 6.47 Å². The number of carbonyl (C=O) groups is 1. The minimum absolute atomic E-state index is 0.590. The highest BCUT2D eigenvalue weighted by molar-refractivity contribution is 5.36. The summed E-state index contributed by atoms with van der Waals surface area (Å²) in [6.07, 6.45) is 18.6. The first-order chi connectivity index (χ1) is 10.3. The molecule has 0 rings (SSSR count). The van der Waals surface area contributed by atoms with Gasteiger partial charge in [0.2, 0.25) is 0 Å². The lowest BCUT2D eigenvalue weighted by molar-refractivity contribution is -0.130. The molecule has 0 aromatic rings. The second-order valence-corrected chi connectivity index (χ2v) is 6.41. The van der Waals surface area contributed by atoms with Crippen LogP contribution in [0.5, 0.6) is 0 Å². The van der Waals surface area contributed by atoms with E-state index in [0.29, 0.717) is 19.0 Å². The molecule has 0 N–H and O–H groups in total. The monoisotopic (exact) mass is 298 g/mol. The summed E-state index contributed by atoms with van der Waals surface area (Å²) in [6, 6.07) is 0. The first-order valence-electron chi connectivity index (χ1n) is 9.40. The fourth-order valence-corrected chi connectivity index (χ4v) is 2.91. The minimum atomic E-state index is 0.590. The van der Waals surface area contributed by atoms with Gasteiger partial charge >= 0.3 is 0 Å². The molecule has 0 aliphatic heterocycles. The van der Waals surface area contributed by atoms with Gasteiger partial charge in [-0.3, -0.25) is 4.79 Å². The van der Waals surface area contributed by atoms with Gasteiger partial charge in [-0.25, -0.2) is 0 Å². The molecule has 0 aromatic heterocycles. The Balaban J connectivity index is 3.57. The molecule has 126 valence electrons. The van der Waals surface area contributed by atoms with Crippen LogP contribution in [0.15, 0.2) is 0 Å². The van der Waals surface area contributed by atoms with Crippen LogP contribution in [0.2, 0.25) is 0 Å². The van der Waals surface area contributed by atoms with E-state index in [1.165, 1.54) is 89.9 Å². The van der Waals surface area contributed by atoms with Crippen LogP contribution in [0, 0.1) is 5.92 Å². The fraction of sp³-hybridized carbons (Fsp3) is 0.947. The van der Waals surface area contributed by atoms with Crippen LogP contribution in [-0.4, -0.2) is 13.1 Å². The van der Waals surface area contributed by atoms with Gasteiger partial charge in [0, 0.05) is 0 Å². The molecule has 0 heterocycles. The quantitative estimate of drug-likeness (QED) is 0.233. The second-order valence-electron chi connectivity index (χ2n) is 6.41. The summed E-state index contributed by atoms with van der Waals surface area (Å²) >= 11 is 0. The van der Waals surface area contributed by atoms with Gasteiger partial charge < -0.3 is 4.74 Å². The Bertz CT molecular complexity index is 204. The second kappa shape index (κ2) is 17.5. The third kappa shape index (κ3) is 15.7. The van der Waals surface area contributed by atoms with Crippen LogP contribution in [0.25, 0.3) is 0 Å². The van der Waals surface area contributed by atoms with Crippen molar-refractivity contribution in [1.29, 1.82) is 0 Å². The molecule has 2 nitrogen and oxygen atoms in total. The molecule has 0 amide bonds. The van der Waals surface area contributed by atoms with Crippen molar-refractivity contribution in [2.24, 2.45) is 5.92 Å². The molecule has 0 aliphatic rings. The predicted octanol–water partition coefficient (Wildman–Crippen LogP) is 6.28. The van der Waals surface area contributed by atoms with Crippen molar-refractivity contribution in [3.63, 3.8) is 0 Å². The van der Waals surface area contributed by atoms with Gasteiger partial charge in [0.05, 0.1) is 6.61 Å². The van der Waals surface area contributed by atoms with Crippen molar-refractivity contribution in [3.8, 4) is 0 Å². The predicted molar refractivity (Wildman–Crippen MR) is 91.5 cm³/mol. The maximum atomic E-state index is 10.4. The van der Waals surface area contributed by atoms with Gasteiger partial charge in [0.15, 0.2) is 0 Å². The average Bonchev–Trinajstić information content (AvgIpc) is 2.50. The Morgan fingerprint density at radius 2 is 1.14 bits per heavy atom. The van der Waals surface area contributed by atoms with Crippen LogP contribution >= 0.6 is 0 Å². The standard InChI is InChI=1S/C19H38O2/c1-3-5-7-9-10-12-14-16-19(17-21-18-20)15-13-11-8-6-4-2/h18-19H,3-17H2,1-2H3. The Hall–Kier alpha value is -0.530. The molecule has 1 unspecified atom stereocenters. The molecule has 1 atom stereocenters. The van der Waals surface area contributed by atoms with Gasteiger partial charge in [0.1, 0.15) is 0 Å². The van der Waals surface area contributed by atoms with E-state index in [1.54, 1.807) is 0 Å². The number of carbonyl (C=O) groups excluding carboxylic acids is 1. The third-order valence-corrected chi connectivity index (χ3v) is 4.33. The molecule has 0 saturated heterocycles. The molecule has 0 spiro atoms. The van der Waals surface area contributed by atoms with Crippen molar-refractivity contribution < 1.29 is 9.53 Å². The normalized spacial score (nSPS) is 12.3. The summed E-state index contributed by atoms with van der Waals surface area (Å²) in [5.41, 5.74) is 0. The van der Waals surface area contributed by atoms with Crippen molar-refractivity contribution in [2.75, 3.05) is 6.61 Å². The topological polar surface area (TPSA) is 26.3 Å². The van der Waals surface area contributed by atoms with E-state index >= 15 is 0 Å². The summed E-state index contributed by atoms with van der Waals surface area (Å²) in [7, 11) is 0. The number of ether oxygens (including phenoxy) is 1. The number of unbranched alkanes of at least 4 members (excludes halogenated alkanes) is 10. The lowest BCUT2D eigenvalue weighted by Gasteiger charge is -2.15. The van der Waals surface area contributed by atoms with E-state index in [2.05, 4.69) is 13.8 Å². The lowest BCUT2D eigenvalue weighted by atomic mass is 9.95. The number of hydrogen-bond acceptors (Lipinski definition) is 2. The number of rotatable bonds is 17. The van der Waals surface area contributed by atoms with E-state index < -0.39 is 0 Å². The average molecular weight is 299 g/mol. The Morgan fingerprint density at radius 3 is 1.57 bits per heavy atom. The van der Waals surface area contributed by atoms with E-state index in [1.807, 2.05) is 0 Å². The SMILES string of the molecule is CCCCCCCCCC(CCCCCCC)COC=O. The Morgan fingerprint density at radius 1 is 0.714 bits per heavy atom. The largest absolute Gasteiger partial charge is 0.468 e. The summed E-state index contributed by atoms with van der Waals surface area (Å²) in [6.45, 7) is 5.75. The van der Waals surface area contributed by atoms with Crippen LogP contribution in [0.1, 0.15) is 104 Å².